The molecule has 0 unspecified atom stereocenters. The molecule has 0 atom stereocenters. The first-order chi connectivity index (χ1) is 9.56. The standard InChI is InChI=1S/C14H18BrFN2O2/c1-17-5-2-6-18(8-7-17)14(19)10-20-13-4-3-11(15)9-12(13)16/h3-4,9H,2,5-8,10H2,1H3. The van der Waals surface area contributed by atoms with Crippen LogP contribution in [0.3, 0.4) is 0 Å². The van der Waals surface area contributed by atoms with Gasteiger partial charge in [-0.15, -0.1) is 0 Å². The molecule has 1 aromatic carbocycles. The van der Waals surface area contributed by atoms with Gasteiger partial charge < -0.3 is 14.5 Å². The molecule has 0 radical (unpaired) electrons. The molecule has 1 aliphatic heterocycles. The Hall–Kier alpha value is -1.14. The summed E-state index contributed by atoms with van der Waals surface area (Å²) < 4.78 is 19.5. The summed E-state index contributed by atoms with van der Waals surface area (Å²) in [5.41, 5.74) is 0. The van der Waals surface area contributed by atoms with E-state index in [-0.39, 0.29) is 18.3 Å². The fourth-order valence-electron chi connectivity index (χ4n) is 2.12. The molecule has 0 N–H and O–H groups in total. The van der Waals surface area contributed by atoms with E-state index in [1.807, 2.05) is 7.05 Å². The Morgan fingerprint density at radius 3 is 2.90 bits per heavy atom. The molecule has 0 aliphatic carbocycles. The molecule has 6 heteroatoms. The summed E-state index contributed by atoms with van der Waals surface area (Å²) in [6, 6.07) is 4.52. The molecule has 1 aromatic rings. The second-order valence-corrected chi connectivity index (χ2v) is 5.82. The van der Waals surface area contributed by atoms with Crippen LogP contribution in [0.1, 0.15) is 6.42 Å². The summed E-state index contributed by atoms with van der Waals surface area (Å²) in [6.07, 6.45) is 0.953. The van der Waals surface area contributed by atoms with E-state index in [2.05, 4.69) is 20.8 Å². The number of benzene rings is 1. The largest absolute Gasteiger partial charge is 0.481 e. The van der Waals surface area contributed by atoms with Crippen molar-refractivity contribution in [3.05, 3.63) is 28.5 Å². The number of amides is 1. The number of hydrogen-bond acceptors (Lipinski definition) is 3. The van der Waals surface area contributed by atoms with E-state index in [1.165, 1.54) is 12.1 Å². The van der Waals surface area contributed by atoms with E-state index >= 15 is 0 Å². The first kappa shape index (κ1) is 15.3. The monoisotopic (exact) mass is 344 g/mol. The number of rotatable bonds is 3. The molecule has 1 aliphatic rings. The van der Waals surface area contributed by atoms with Crippen LogP contribution in [0.2, 0.25) is 0 Å². The Bertz CT molecular complexity index is 484. The second-order valence-electron chi connectivity index (χ2n) is 4.90. The zero-order valence-corrected chi connectivity index (χ0v) is 13.0. The lowest BCUT2D eigenvalue weighted by Gasteiger charge is -2.20. The molecule has 1 heterocycles. The minimum absolute atomic E-state index is 0.0948. The van der Waals surface area contributed by atoms with Crippen molar-refractivity contribution in [3.8, 4) is 5.75 Å². The van der Waals surface area contributed by atoms with Gasteiger partial charge in [0.05, 0.1) is 0 Å². The molecule has 0 bridgehead atoms. The van der Waals surface area contributed by atoms with Crippen molar-refractivity contribution in [2.24, 2.45) is 0 Å². The van der Waals surface area contributed by atoms with Gasteiger partial charge in [-0.3, -0.25) is 4.79 Å². The van der Waals surface area contributed by atoms with Crippen molar-refractivity contribution in [2.75, 3.05) is 39.8 Å². The van der Waals surface area contributed by atoms with Crippen LogP contribution < -0.4 is 4.74 Å². The van der Waals surface area contributed by atoms with Crippen LogP contribution in [0.5, 0.6) is 5.75 Å². The van der Waals surface area contributed by atoms with Crippen LogP contribution in [0.25, 0.3) is 0 Å². The highest BCUT2D eigenvalue weighted by molar-refractivity contribution is 9.10. The maximum Gasteiger partial charge on any atom is 0.260 e. The molecule has 0 spiro atoms. The molecule has 1 amide bonds. The molecule has 2 rings (SSSR count). The van der Waals surface area contributed by atoms with Crippen molar-refractivity contribution in [1.29, 1.82) is 0 Å². The lowest BCUT2D eigenvalue weighted by atomic mass is 10.3. The molecule has 110 valence electrons. The predicted molar refractivity (Wildman–Crippen MR) is 78.3 cm³/mol. The topological polar surface area (TPSA) is 32.8 Å². The van der Waals surface area contributed by atoms with Gasteiger partial charge in [0.2, 0.25) is 0 Å². The van der Waals surface area contributed by atoms with Crippen LogP contribution in [-0.4, -0.2) is 55.5 Å². The molecule has 20 heavy (non-hydrogen) atoms. The van der Waals surface area contributed by atoms with E-state index in [0.29, 0.717) is 11.0 Å². The summed E-state index contributed by atoms with van der Waals surface area (Å²) in [5.74, 6) is -0.459. The summed E-state index contributed by atoms with van der Waals surface area (Å²) in [6.45, 7) is 3.16. The highest BCUT2D eigenvalue weighted by Crippen LogP contribution is 2.21. The van der Waals surface area contributed by atoms with Gasteiger partial charge in [-0.25, -0.2) is 4.39 Å². The Morgan fingerprint density at radius 1 is 1.35 bits per heavy atom. The van der Waals surface area contributed by atoms with Crippen molar-refractivity contribution in [1.82, 2.24) is 9.80 Å². The lowest BCUT2D eigenvalue weighted by Crippen LogP contribution is -2.37. The molecule has 1 fully saturated rings. The molecule has 1 saturated heterocycles. The third-order valence-electron chi connectivity index (χ3n) is 3.32. The number of ether oxygens (including phenoxy) is 1. The number of carbonyl (C=O) groups is 1. The number of carbonyl (C=O) groups excluding carboxylic acids is 1. The fourth-order valence-corrected chi connectivity index (χ4v) is 2.45. The minimum atomic E-state index is -0.470. The van der Waals surface area contributed by atoms with E-state index in [9.17, 15) is 9.18 Å². The number of hydrogen-bond donors (Lipinski definition) is 0. The van der Waals surface area contributed by atoms with E-state index in [1.54, 1.807) is 11.0 Å². The smallest absolute Gasteiger partial charge is 0.260 e. The Morgan fingerprint density at radius 2 is 2.15 bits per heavy atom. The molecule has 0 saturated carbocycles. The quantitative estimate of drug-likeness (QED) is 0.842. The van der Waals surface area contributed by atoms with Crippen LogP contribution in [-0.2, 0) is 4.79 Å². The number of likely N-dealkylation sites (N-methyl/N-ethyl adjacent to an activating group) is 1. The fraction of sp³-hybridized carbons (Fsp3) is 0.500. The van der Waals surface area contributed by atoms with Crippen LogP contribution in [0.4, 0.5) is 4.39 Å². The van der Waals surface area contributed by atoms with Gasteiger partial charge in [0.1, 0.15) is 0 Å². The lowest BCUT2D eigenvalue weighted by molar-refractivity contribution is -0.133. The molecular formula is C14H18BrFN2O2. The first-order valence-corrected chi connectivity index (χ1v) is 7.40. The third-order valence-corrected chi connectivity index (χ3v) is 3.81. The van der Waals surface area contributed by atoms with Gasteiger partial charge in [-0.05, 0) is 38.2 Å². The first-order valence-electron chi connectivity index (χ1n) is 6.60. The SMILES string of the molecule is CN1CCCN(C(=O)COc2ccc(Br)cc2F)CC1. The predicted octanol–water partition coefficient (Wildman–Crippen LogP) is 2.13. The van der Waals surface area contributed by atoms with Crippen LogP contribution in [0, 0.1) is 5.82 Å². The Kier molecular flexibility index (Phi) is 5.37. The summed E-state index contributed by atoms with van der Waals surface area (Å²) in [5, 5.41) is 0. The summed E-state index contributed by atoms with van der Waals surface area (Å²) in [4.78, 5) is 16.0. The van der Waals surface area contributed by atoms with Gasteiger partial charge in [-0.2, -0.15) is 0 Å². The van der Waals surface area contributed by atoms with Crippen molar-refractivity contribution in [3.63, 3.8) is 0 Å². The Balaban J connectivity index is 1.88. The van der Waals surface area contributed by atoms with Crippen LogP contribution in [0.15, 0.2) is 22.7 Å². The van der Waals surface area contributed by atoms with Gasteiger partial charge in [0.25, 0.3) is 5.91 Å². The average Bonchev–Trinajstić information content (AvgIpc) is 2.62. The van der Waals surface area contributed by atoms with Gasteiger partial charge in [-0.1, -0.05) is 15.9 Å². The van der Waals surface area contributed by atoms with Gasteiger partial charge in [0.15, 0.2) is 18.2 Å². The van der Waals surface area contributed by atoms with Crippen molar-refractivity contribution in [2.45, 2.75) is 6.42 Å². The number of nitrogens with zero attached hydrogens (tertiary/aromatic N) is 2. The maximum atomic E-state index is 13.6. The van der Waals surface area contributed by atoms with Crippen molar-refractivity contribution < 1.29 is 13.9 Å². The van der Waals surface area contributed by atoms with Crippen LogP contribution >= 0.6 is 15.9 Å². The van der Waals surface area contributed by atoms with Crippen molar-refractivity contribution >= 4 is 21.8 Å². The molecule has 4 nitrogen and oxygen atoms in total. The van der Waals surface area contributed by atoms with Gasteiger partial charge in [0, 0.05) is 24.1 Å². The minimum Gasteiger partial charge on any atom is -0.481 e. The third kappa shape index (κ3) is 4.18. The second kappa shape index (κ2) is 7.04. The van der Waals surface area contributed by atoms with Gasteiger partial charge >= 0.3 is 0 Å². The zero-order chi connectivity index (χ0) is 14.5. The normalized spacial score (nSPS) is 16.9. The summed E-state index contributed by atoms with van der Waals surface area (Å²) in [7, 11) is 2.04. The van der Waals surface area contributed by atoms with E-state index in [4.69, 9.17) is 4.74 Å². The highest BCUT2D eigenvalue weighted by Gasteiger charge is 2.18. The zero-order valence-electron chi connectivity index (χ0n) is 11.4. The summed E-state index contributed by atoms with van der Waals surface area (Å²) >= 11 is 3.18. The maximum absolute atomic E-state index is 13.6. The van der Waals surface area contributed by atoms with E-state index < -0.39 is 5.82 Å². The number of halogens is 2. The highest BCUT2D eigenvalue weighted by atomic mass is 79.9. The Labute approximate surface area is 126 Å². The molecular weight excluding hydrogens is 327 g/mol. The average molecular weight is 345 g/mol. The van der Waals surface area contributed by atoms with E-state index in [0.717, 1.165) is 26.1 Å². The molecule has 0 aromatic heterocycles.